The van der Waals surface area contributed by atoms with Crippen molar-refractivity contribution >= 4 is 5.90 Å². The Labute approximate surface area is 73.1 Å². The van der Waals surface area contributed by atoms with Gasteiger partial charge in [0, 0.05) is 6.42 Å². The van der Waals surface area contributed by atoms with Gasteiger partial charge in [0.05, 0.1) is 13.2 Å². The first-order valence-corrected chi connectivity index (χ1v) is 3.72. The third kappa shape index (κ3) is 2.73. The van der Waals surface area contributed by atoms with Gasteiger partial charge in [-0.2, -0.15) is 13.2 Å². The van der Waals surface area contributed by atoms with E-state index in [0.29, 0.717) is 0 Å². The van der Waals surface area contributed by atoms with Crippen molar-refractivity contribution in [3.8, 4) is 0 Å². The number of nitrogens with two attached hydrogens (primary N) is 1. The first-order valence-electron chi connectivity index (χ1n) is 3.72. The number of hydrogen-bond acceptors (Lipinski definition) is 3. The molecule has 0 aromatic heterocycles. The van der Waals surface area contributed by atoms with Crippen molar-refractivity contribution in [1.82, 2.24) is 0 Å². The summed E-state index contributed by atoms with van der Waals surface area (Å²) in [5.41, 5.74) is 4.20. The third-order valence-corrected chi connectivity index (χ3v) is 1.43. The van der Waals surface area contributed by atoms with Crippen molar-refractivity contribution < 1.29 is 17.9 Å². The Balaban J connectivity index is 2.87. The van der Waals surface area contributed by atoms with Crippen LogP contribution >= 0.6 is 0 Å². The largest absolute Gasteiger partial charge is 0.479 e. The Hall–Kier alpha value is -1.04. The van der Waals surface area contributed by atoms with E-state index in [-0.39, 0.29) is 25.5 Å². The number of rotatable bonds is 1. The van der Waals surface area contributed by atoms with E-state index in [1.54, 1.807) is 0 Å². The molecule has 0 spiro atoms. The lowest BCUT2D eigenvalue weighted by Crippen LogP contribution is -2.19. The summed E-state index contributed by atoms with van der Waals surface area (Å²) in [6.45, 7) is 0.0725. The maximum atomic E-state index is 12.2. The van der Waals surface area contributed by atoms with Crippen molar-refractivity contribution in [2.45, 2.75) is 12.6 Å². The third-order valence-electron chi connectivity index (χ3n) is 1.43. The second kappa shape index (κ2) is 3.78. The zero-order valence-electron chi connectivity index (χ0n) is 6.77. The molecule has 0 fully saturated rings. The van der Waals surface area contributed by atoms with Gasteiger partial charge in [0.1, 0.15) is 5.70 Å². The minimum atomic E-state index is -4.42. The molecule has 1 rings (SSSR count). The SMILES string of the molecule is NCC1=NC(C(F)(F)F)=CCCO1. The van der Waals surface area contributed by atoms with Crippen LogP contribution in [0.1, 0.15) is 6.42 Å². The van der Waals surface area contributed by atoms with E-state index >= 15 is 0 Å². The Morgan fingerprint density at radius 1 is 1.54 bits per heavy atom. The van der Waals surface area contributed by atoms with Crippen LogP contribution in [0, 0.1) is 0 Å². The van der Waals surface area contributed by atoms with Crippen LogP contribution < -0.4 is 5.73 Å². The average molecular weight is 194 g/mol. The van der Waals surface area contributed by atoms with E-state index in [1.807, 2.05) is 0 Å². The lowest BCUT2D eigenvalue weighted by atomic mass is 10.3. The number of aliphatic imine (C=N–C) groups is 1. The Morgan fingerprint density at radius 2 is 2.23 bits per heavy atom. The van der Waals surface area contributed by atoms with Crippen LogP contribution in [0.5, 0.6) is 0 Å². The maximum Gasteiger partial charge on any atom is 0.433 e. The van der Waals surface area contributed by atoms with Crippen LogP contribution in [0.15, 0.2) is 16.8 Å². The highest BCUT2D eigenvalue weighted by Crippen LogP contribution is 2.27. The predicted octanol–water partition coefficient (Wildman–Crippen LogP) is 1.21. The molecule has 1 aliphatic heterocycles. The van der Waals surface area contributed by atoms with Crippen molar-refractivity contribution in [2.24, 2.45) is 10.7 Å². The lowest BCUT2D eigenvalue weighted by Gasteiger charge is -2.06. The highest BCUT2D eigenvalue weighted by Gasteiger charge is 2.34. The van der Waals surface area contributed by atoms with Gasteiger partial charge < -0.3 is 10.5 Å². The molecule has 0 aromatic rings. The summed E-state index contributed by atoms with van der Waals surface area (Å²) in [5, 5.41) is 0. The van der Waals surface area contributed by atoms with E-state index in [0.717, 1.165) is 6.08 Å². The molecule has 0 amide bonds. The van der Waals surface area contributed by atoms with Crippen molar-refractivity contribution in [1.29, 1.82) is 0 Å². The highest BCUT2D eigenvalue weighted by atomic mass is 19.4. The smallest absolute Gasteiger partial charge is 0.433 e. The Kier molecular flexibility index (Phi) is 2.92. The second-order valence-electron chi connectivity index (χ2n) is 2.43. The molecule has 6 heteroatoms. The standard InChI is InChI=1S/C7H9F3N2O/c8-7(9,10)5-2-1-3-13-6(4-11)12-5/h2H,1,3-4,11H2. The molecule has 1 heterocycles. The number of allylic oxidation sites excluding steroid dienone is 1. The zero-order valence-corrected chi connectivity index (χ0v) is 6.77. The fourth-order valence-electron chi connectivity index (χ4n) is 0.868. The van der Waals surface area contributed by atoms with Crippen molar-refractivity contribution in [3.05, 3.63) is 11.8 Å². The van der Waals surface area contributed by atoms with Crippen LogP contribution in [-0.4, -0.2) is 25.2 Å². The summed E-state index contributed by atoms with van der Waals surface area (Å²) in [6, 6.07) is 0. The number of alkyl halides is 3. The number of hydrogen-bond donors (Lipinski definition) is 1. The van der Waals surface area contributed by atoms with E-state index in [1.165, 1.54) is 0 Å². The molecule has 74 valence electrons. The molecule has 0 aliphatic carbocycles. The molecule has 0 atom stereocenters. The monoisotopic (exact) mass is 194 g/mol. The molecule has 3 nitrogen and oxygen atoms in total. The molecular weight excluding hydrogens is 185 g/mol. The molecular formula is C7H9F3N2O. The highest BCUT2D eigenvalue weighted by molar-refractivity contribution is 5.79. The molecule has 0 unspecified atom stereocenters. The first kappa shape index (κ1) is 10.0. The van der Waals surface area contributed by atoms with Gasteiger partial charge in [-0.15, -0.1) is 0 Å². The normalized spacial score (nSPS) is 18.5. The predicted molar refractivity (Wildman–Crippen MR) is 41.2 cm³/mol. The van der Waals surface area contributed by atoms with Gasteiger partial charge in [-0.25, -0.2) is 4.99 Å². The van der Waals surface area contributed by atoms with E-state index in [2.05, 4.69) is 4.99 Å². The van der Waals surface area contributed by atoms with Gasteiger partial charge in [0.15, 0.2) is 0 Å². The number of halogens is 3. The molecule has 0 saturated heterocycles. The summed E-state index contributed by atoms with van der Waals surface area (Å²) in [5.74, 6) is -0.0684. The molecule has 1 aliphatic rings. The summed E-state index contributed by atoms with van der Waals surface area (Å²) >= 11 is 0. The van der Waals surface area contributed by atoms with Crippen LogP contribution in [-0.2, 0) is 4.74 Å². The van der Waals surface area contributed by atoms with E-state index in [4.69, 9.17) is 10.5 Å². The van der Waals surface area contributed by atoms with Crippen molar-refractivity contribution in [2.75, 3.05) is 13.2 Å². The van der Waals surface area contributed by atoms with E-state index < -0.39 is 11.9 Å². The second-order valence-corrected chi connectivity index (χ2v) is 2.43. The van der Waals surface area contributed by atoms with Crippen LogP contribution in [0.3, 0.4) is 0 Å². The molecule has 0 radical (unpaired) electrons. The zero-order chi connectivity index (χ0) is 9.90. The van der Waals surface area contributed by atoms with Crippen LogP contribution in [0.4, 0.5) is 13.2 Å². The summed E-state index contributed by atoms with van der Waals surface area (Å²) < 4.78 is 41.3. The molecule has 13 heavy (non-hydrogen) atoms. The molecule has 0 bridgehead atoms. The minimum absolute atomic E-state index is 0.0684. The molecule has 2 N–H and O–H groups in total. The van der Waals surface area contributed by atoms with Gasteiger partial charge in [0.2, 0.25) is 5.90 Å². The topological polar surface area (TPSA) is 47.6 Å². The average Bonchev–Trinajstić information content (AvgIpc) is 2.27. The molecule has 0 saturated carbocycles. The van der Waals surface area contributed by atoms with E-state index in [9.17, 15) is 13.2 Å². The quantitative estimate of drug-likeness (QED) is 0.682. The minimum Gasteiger partial charge on any atom is -0.479 e. The van der Waals surface area contributed by atoms with Gasteiger partial charge in [-0.1, -0.05) is 6.08 Å². The summed E-state index contributed by atoms with van der Waals surface area (Å²) in [4.78, 5) is 3.27. The van der Waals surface area contributed by atoms with Crippen LogP contribution in [0.25, 0.3) is 0 Å². The summed E-state index contributed by atoms with van der Waals surface area (Å²) in [7, 11) is 0. The lowest BCUT2D eigenvalue weighted by molar-refractivity contribution is -0.0925. The first-order chi connectivity index (χ1) is 6.04. The number of ether oxygens (including phenoxy) is 1. The van der Waals surface area contributed by atoms with Gasteiger partial charge in [0.25, 0.3) is 0 Å². The summed E-state index contributed by atoms with van der Waals surface area (Å²) in [6.07, 6.45) is -3.22. The van der Waals surface area contributed by atoms with Crippen LogP contribution in [0.2, 0.25) is 0 Å². The van der Waals surface area contributed by atoms with Gasteiger partial charge in [-0.05, 0) is 0 Å². The fourth-order valence-corrected chi connectivity index (χ4v) is 0.868. The van der Waals surface area contributed by atoms with Gasteiger partial charge >= 0.3 is 6.18 Å². The molecule has 0 aromatic carbocycles. The Morgan fingerprint density at radius 3 is 2.77 bits per heavy atom. The fraction of sp³-hybridized carbons (Fsp3) is 0.571. The maximum absolute atomic E-state index is 12.2. The van der Waals surface area contributed by atoms with Crippen molar-refractivity contribution in [3.63, 3.8) is 0 Å². The Bertz CT molecular complexity index is 245. The van der Waals surface area contributed by atoms with Gasteiger partial charge in [-0.3, -0.25) is 0 Å². The number of nitrogens with zero attached hydrogens (tertiary/aromatic N) is 1.